The topological polar surface area (TPSA) is 29.5 Å². The zero-order chi connectivity index (χ0) is 13.1. The summed E-state index contributed by atoms with van der Waals surface area (Å²) in [6.07, 6.45) is -0.863. The van der Waals surface area contributed by atoms with Gasteiger partial charge < -0.3 is 9.84 Å². The van der Waals surface area contributed by atoms with Gasteiger partial charge in [0.25, 0.3) is 0 Å². The Hall–Kier alpha value is -1.58. The second kappa shape index (κ2) is 5.38. The zero-order valence-electron chi connectivity index (χ0n) is 9.73. The molecule has 2 rings (SSSR count). The van der Waals surface area contributed by atoms with Crippen molar-refractivity contribution in [2.45, 2.75) is 6.10 Å². The Morgan fingerprint density at radius 3 is 2.56 bits per heavy atom. The molecule has 0 aromatic heterocycles. The number of rotatable bonds is 3. The van der Waals surface area contributed by atoms with Crippen LogP contribution in [0.4, 0.5) is 4.39 Å². The fraction of sp³-hybridized carbons (Fsp3) is 0.143. The Balaban J connectivity index is 2.34. The van der Waals surface area contributed by atoms with Crippen LogP contribution in [0.1, 0.15) is 17.2 Å². The lowest BCUT2D eigenvalue weighted by Crippen LogP contribution is -2.00. The lowest BCUT2D eigenvalue weighted by atomic mass is 10.0. The SMILES string of the molecule is COc1cccc(C(O)c2ccc(F)c(Cl)c2)c1. The maximum absolute atomic E-state index is 13.0. The van der Waals surface area contributed by atoms with Crippen LogP contribution in [0, 0.1) is 5.82 Å². The van der Waals surface area contributed by atoms with Crippen LogP contribution in [0.2, 0.25) is 5.02 Å². The van der Waals surface area contributed by atoms with E-state index in [4.69, 9.17) is 16.3 Å². The molecule has 0 amide bonds. The number of aliphatic hydroxyl groups excluding tert-OH is 1. The quantitative estimate of drug-likeness (QED) is 0.920. The predicted octanol–water partition coefficient (Wildman–Crippen LogP) is 3.57. The number of methoxy groups -OCH3 is 1. The molecule has 94 valence electrons. The predicted molar refractivity (Wildman–Crippen MR) is 68.5 cm³/mol. The molecule has 0 radical (unpaired) electrons. The molecule has 0 aliphatic rings. The van der Waals surface area contributed by atoms with Crippen molar-refractivity contribution in [1.29, 1.82) is 0 Å². The fourth-order valence-corrected chi connectivity index (χ4v) is 1.88. The summed E-state index contributed by atoms with van der Waals surface area (Å²) in [5, 5.41) is 10.2. The molecule has 0 aliphatic heterocycles. The van der Waals surface area contributed by atoms with Gasteiger partial charge in [0, 0.05) is 0 Å². The zero-order valence-corrected chi connectivity index (χ0v) is 10.5. The summed E-state index contributed by atoms with van der Waals surface area (Å²) in [6.45, 7) is 0. The highest BCUT2D eigenvalue weighted by Gasteiger charge is 2.12. The number of benzene rings is 2. The summed E-state index contributed by atoms with van der Waals surface area (Å²) in [7, 11) is 1.56. The molecule has 0 saturated carbocycles. The van der Waals surface area contributed by atoms with E-state index in [2.05, 4.69) is 0 Å². The maximum atomic E-state index is 13.0. The molecule has 0 bridgehead atoms. The molecule has 1 N–H and O–H groups in total. The molecule has 1 atom stereocenters. The van der Waals surface area contributed by atoms with E-state index in [0.717, 1.165) is 0 Å². The van der Waals surface area contributed by atoms with Gasteiger partial charge >= 0.3 is 0 Å². The van der Waals surface area contributed by atoms with Crippen LogP contribution < -0.4 is 4.74 Å². The van der Waals surface area contributed by atoms with E-state index in [0.29, 0.717) is 16.9 Å². The third kappa shape index (κ3) is 2.63. The molecule has 1 unspecified atom stereocenters. The third-order valence-electron chi connectivity index (χ3n) is 2.67. The lowest BCUT2D eigenvalue weighted by molar-refractivity contribution is 0.219. The summed E-state index contributed by atoms with van der Waals surface area (Å²) in [5.74, 6) is 0.151. The van der Waals surface area contributed by atoms with E-state index < -0.39 is 11.9 Å². The Labute approximate surface area is 110 Å². The van der Waals surface area contributed by atoms with Gasteiger partial charge in [-0.1, -0.05) is 29.8 Å². The van der Waals surface area contributed by atoms with E-state index in [1.54, 1.807) is 31.4 Å². The van der Waals surface area contributed by atoms with Crippen molar-refractivity contribution in [3.05, 3.63) is 64.4 Å². The third-order valence-corrected chi connectivity index (χ3v) is 2.96. The van der Waals surface area contributed by atoms with Gasteiger partial charge in [0.1, 0.15) is 17.7 Å². The molecular formula is C14H12ClFO2. The normalized spacial score (nSPS) is 12.2. The minimum Gasteiger partial charge on any atom is -0.497 e. The second-order valence-corrected chi connectivity index (χ2v) is 4.26. The molecule has 0 spiro atoms. The van der Waals surface area contributed by atoms with Crippen LogP contribution in [0.25, 0.3) is 0 Å². The van der Waals surface area contributed by atoms with Gasteiger partial charge in [-0.05, 0) is 35.4 Å². The fourth-order valence-electron chi connectivity index (χ4n) is 1.69. The van der Waals surface area contributed by atoms with Crippen molar-refractivity contribution in [2.24, 2.45) is 0 Å². The molecule has 0 heterocycles. The standard InChI is InChI=1S/C14H12ClFO2/c1-18-11-4-2-3-9(7-11)14(17)10-5-6-13(16)12(15)8-10/h2-8,14,17H,1H3. The Kier molecular flexibility index (Phi) is 3.84. The van der Waals surface area contributed by atoms with Crippen LogP contribution in [0.15, 0.2) is 42.5 Å². The first-order chi connectivity index (χ1) is 8.61. The summed E-state index contributed by atoms with van der Waals surface area (Å²) in [5.41, 5.74) is 1.20. The van der Waals surface area contributed by atoms with Crippen LogP contribution in [-0.2, 0) is 0 Å². The monoisotopic (exact) mass is 266 g/mol. The van der Waals surface area contributed by atoms with E-state index >= 15 is 0 Å². The van der Waals surface area contributed by atoms with Crippen molar-refractivity contribution in [3.8, 4) is 5.75 Å². The van der Waals surface area contributed by atoms with Gasteiger partial charge in [0.05, 0.1) is 12.1 Å². The van der Waals surface area contributed by atoms with Crippen molar-refractivity contribution < 1.29 is 14.2 Å². The summed E-state index contributed by atoms with van der Waals surface area (Å²) >= 11 is 5.69. The van der Waals surface area contributed by atoms with Crippen LogP contribution in [-0.4, -0.2) is 12.2 Å². The minimum atomic E-state index is -0.863. The molecule has 4 heteroatoms. The molecule has 0 aliphatic carbocycles. The van der Waals surface area contributed by atoms with E-state index in [-0.39, 0.29) is 5.02 Å². The molecule has 0 saturated heterocycles. The van der Waals surface area contributed by atoms with Gasteiger partial charge in [-0.25, -0.2) is 4.39 Å². The van der Waals surface area contributed by atoms with Gasteiger partial charge in [0.15, 0.2) is 0 Å². The van der Waals surface area contributed by atoms with E-state index in [9.17, 15) is 9.50 Å². The molecule has 0 fully saturated rings. The largest absolute Gasteiger partial charge is 0.497 e. The van der Waals surface area contributed by atoms with Crippen molar-refractivity contribution in [1.82, 2.24) is 0 Å². The van der Waals surface area contributed by atoms with Crippen molar-refractivity contribution >= 4 is 11.6 Å². The molecule has 18 heavy (non-hydrogen) atoms. The first kappa shape index (κ1) is 12.9. The van der Waals surface area contributed by atoms with Crippen LogP contribution in [0.5, 0.6) is 5.75 Å². The first-order valence-electron chi connectivity index (χ1n) is 5.39. The number of hydrogen-bond donors (Lipinski definition) is 1. The van der Waals surface area contributed by atoms with Crippen molar-refractivity contribution in [3.63, 3.8) is 0 Å². The van der Waals surface area contributed by atoms with Gasteiger partial charge in [-0.3, -0.25) is 0 Å². The minimum absolute atomic E-state index is 0.00514. The smallest absolute Gasteiger partial charge is 0.141 e. The van der Waals surface area contributed by atoms with E-state index in [1.165, 1.54) is 18.2 Å². The number of halogens is 2. The number of aliphatic hydroxyl groups is 1. The van der Waals surface area contributed by atoms with Gasteiger partial charge in [0.2, 0.25) is 0 Å². The highest BCUT2D eigenvalue weighted by Crippen LogP contribution is 2.27. The maximum Gasteiger partial charge on any atom is 0.141 e. The Morgan fingerprint density at radius 2 is 1.89 bits per heavy atom. The lowest BCUT2D eigenvalue weighted by Gasteiger charge is -2.13. The summed E-state index contributed by atoms with van der Waals surface area (Å²) in [6, 6.07) is 11.2. The number of hydrogen-bond acceptors (Lipinski definition) is 2. The van der Waals surface area contributed by atoms with Gasteiger partial charge in [-0.2, -0.15) is 0 Å². The van der Waals surface area contributed by atoms with Crippen LogP contribution >= 0.6 is 11.6 Å². The molecule has 2 aromatic carbocycles. The van der Waals surface area contributed by atoms with E-state index in [1.807, 2.05) is 0 Å². The average molecular weight is 267 g/mol. The number of ether oxygens (including phenoxy) is 1. The molecule has 2 aromatic rings. The Morgan fingerprint density at radius 1 is 1.17 bits per heavy atom. The summed E-state index contributed by atoms with van der Waals surface area (Å²) < 4.78 is 18.1. The summed E-state index contributed by atoms with van der Waals surface area (Å²) in [4.78, 5) is 0. The first-order valence-corrected chi connectivity index (χ1v) is 5.76. The van der Waals surface area contributed by atoms with Crippen molar-refractivity contribution in [2.75, 3.05) is 7.11 Å². The molecular weight excluding hydrogens is 255 g/mol. The van der Waals surface area contributed by atoms with Gasteiger partial charge in [-0.15, -0.1) is 0 Å². The second-order valence-electron chi connectivity index (χ2n) is 3.85. The average Bonchev–Trinajstić information content (AvgIpc) is 2.41. The Bertz CT molecular complexity index is 557. The highest BCUT2D eigenvalue weighted by molar-refractivity contribution is 6.30. The van der Waals surface area contributed by atoms with Crippen LogP contribution in [0.3, 0.4) is 0 Å². The highest BCUT2D eigenvalue weighted by atomic mass is 35.5. The molecule has 2 nitrogen and oxygen atoms in total.